The van der Waals surface area contributed by atoms with Gasteiger partial charge in [-0.05, 0) is 49.4 Å². The van der Waals surface area contributed by atoms with Gasteiger partial charge in [0.25, 0.3) is 0 Å². The van der Waals surface area contributed by atoms with E-state index in [4.69, 9.17) is 37.0 Å². The molecule has 3 N–H and O–H groups in total. The van der Waals surface area contributed by atoms with Crippen LogP contribution < -0.4 is 0 Å². The fourth-order valence-corrected chi connectivity index (χ4v) is 12.7. The molecule has 0 spiro atoms. The molecule has 19 heteroatoms. The average molecular weight is 1370 g/mol. The zero-order valence-electron chi connectivity index (χ0n) is 60.9. The summed E-state index contributed by atoms with van der Waals surface area (Å²) in [5, 5.41) is 10.6. The van der Waals surface area contributed by atoms with Gasteiger partial charge in [-0.2, -0.15) is 0 Å². The Morgan fingerprint density at radius 3 is 0.763 bits per heavy atom. The molecule has 93 heavy (non-hydrogen) atoms. The Labute approximate surface area is 568 Å². The van der Waals surface area contributed by atoms with Gasteiger partial charge in [0, 0.05) is 25.7 Å². The summed E-state index contributed by atoms with van der Waals surface area (Å²) < 4.78 is 68.3. The van der Waals surface area contributed by atoms with E-state index < -0.39 is 97.5 Å². The highest BCUT2D eigenvalue weighted by atomic mass is 31.2. The Morgan fingerprint density at radius 2 is 0.516 bits per heavy atom. The zero-order chi connectivity index (χ0) is 68.9. The minimum Gasteiger partial charge on any atom is -0.462 e. The number of phosphoric acid groups is 2. The molecule has 0 aliphatic carbocycles. The molecule has 0 aromatic heterocycles. The van der Waals surface area contributed by atoms with Crippen LogP contribution in [0.4, 0.5) is 0 Å². The number of hydrogen-bond acceptors (Lipinski definition) is 15. The molecule has 0 amide bonds. The Balaban J connectivity index is 5.15. The Morgan fingerprint density at radius 1 is 0.301 bits per heavy atom. The highest BCUT2D eigenvalue weighted by molar-refractivity contribution is 7.47. The predicted octanol–water partition coefficient (Wildman–Crippen LogP) is 21.3. The summed E-state index contributed by atoms with van der Waals surface area (Å²) in [6, 6.07) is 0. The molecule has 0 aromatic carbocycles. The van der Waals surface area contributed by atoms with Gasteiger partial charge < -0.3 is 33.8 Å². The van der Waals surface area contributed by atoms with E-state index in [9.17, 15) is 43.2 Å². The number of esters is 4. The lowest BCUT2D eigenvalue weighted by molar-refractivity contribution is -0.161. The van der Waals surface area contributed by atoms with Crippen LogP contribution in [0.25, 0.3) is 0 Å². The van der Waals surface area contributed by atoms with Gasteiger partial charge in [-0.3, -0.25) is 37.3 Å². The van der Waals surface area contributed by atoms with Gasteiger partial charge in [-0.15, -0.1) is 0 Å². The molecule has 0 aliphatic rings. The van der Waals surface area contributed by atoms with E-state index in [-0.39, 0.29) is 25.7 Å². The fourth-order valence-electron chi connectivity index (χ4n) is 11.2. The van der Waals surface area contributed by atoms with Gasteiger partial charge in [0.15, 0.2) is 12.2 Å². The molecule has 0 saturated carbocycles. The predicted molar refractivity (Wildman–Crippen MR) is 377 cm³/mol. The van der Waals surface area contributed by atoms with Crippen LogP contribution in [0.3, 0.4) is 0 Å². The van der Waals surface area contributed by atoms with E-state index in [1.165, 1.54) is 167 Å². The Hall–Kier alpha value is -1.94. The number of carbonyl (C=O) groups is 4. The molecule has 0 aromatic rings. The Kier molecular flexibility index (Phi) is 62.2. The highest BCUT2D eigenvalue weighted by Crippen LogP contribution is 2.45. The maximum absolute atomic E-state index is 13.0. The van der Waals surface area contributed by atoms with Crippen molar-refractivity contribution >= 4 is 39.5 Å². The second-order valence-corrected chi connectivity index (χ2v) is 31.3. The first-order valence-corrected chi connectivity index (χ1v) is 41.2. The van der Waals surface area contributed by atoms with E-state index in [2.05, 4.69) is 55.4 Å². The maximum atomic E-state index is 13.0. The van der Waals surface area contributed by atoms with Crippen LogP contribution in [0, 0.1) is 23.7 Å². The smallest absolute Gasteiger partial charge is 0.462 e. The SMILES string of the molecule is CCC(C)CCCCCCCCC(=O)OC[C@H](COP(=O)(O)OC[C@H](O)COP(=O)(O)OC[C@@H](COC(=O)CCCCCCCCCCCCCCCCCCCCC(C)C)OC(=O)CCCCCCCCCCC(C)C)OC(=O)CCCCCCCCCCC(C)C. The Bertz CT molecular complexity index is 1840. The van der Waals surface area contributed by atoms with E-state index in [1.807, 2.05) is 0 Å². The average Bonchev–Trinajstić information content (AvgIpc) is 3.72. The third kappa shape index (κ3) is 67.0. The van der Waals surface area contributed by atoms with Gasteiger partial charge in [0.05, 0.1) is 26.4 Å². The normalized spacial score (nSPS) is 14.5. The first kappa shape index (κ1) is 91.1. The molecule has 0 aliphatic heterocycles. The van der Waals surface area contributed by atoms with Crippen LogP contribution in [0.15, 0.2) is 0 Å². The second-order valence-electron chi connectivity index (χ2n) is 28.4. The zero-order valence-corrected chi connectivity index (χ0v) is 62.7. The van der Waals surface area contributed by atoms with E-state index in [1.54, 1.807) is 0 Å². The summed E-state index contributed by atoms with van der Waals surface area (Å²) in [4.78, 5) is 72.6. The van der Waals surface area contributed by atoms with E-state index in [0.29, 0.717) is 25.7 Å². The minimum atomic E-state index is -4.95. The molecule has 3 unspecified atom stereocenters. The van der Waals surface area contributed by atoms with Crippen LogP contribution in [0.1, 0.15) is 370 Å². The molecule has 0 rings (SSSR count). The van der Waals surface area contributed by atoms with Crippen molar-refractivity contribution in [2.45, 2.75) is 388 Å². The van der Waals surface area contributed by atoms with Crippen LogP contribution in [0.5, 0.6) is 0 Å². The monoisotopic (exact) mass is 1370 g/mol. The summed E-state index contributed by atoms with van der Waals surface area (Å²) in [6.45, 7) is 14.1. The lowest BCUT2D eigenvalue weighted by Gasteiger charge is -2.21. The topological polar surface area (TPSA) is 237 Å². The number of ether oxygens (including phenoxy) is 4. The molecule has 0 saturated heterocycles. The molecular weight excluding hydrogens is 1220 g/mol. The van der Waals surface area contributed by atoms with Gasteiger partial charge in [-0.1, -0.05) is 319 Å². The number of unbranched alkanes of at least 4 members (excludes halogenated alkanes) is 36. The van der Waals surface area contributed by atoms with Crippen LogP contribution in [-0.2, 0) is 65.4 Å². The van der Waals surface area contributed by atoms with Gasteiger partial charge in [0.2, 0.25) is 0 Å². The van der Waals surface area contributed by atoms with Crippen LogP contribution >= 0.6 is 15.6 Å². The lowest BCUT2D eigenvalue weighted by Crippen LogP contribution is -2.30. The standard InChI is InChI=1S/C74H144O17P2/c1-9-67(8)53-45-37-32-33-39-47-55-72(77)85-61-70(91-74(79)57-49-41-31-25-23-28-36-44-52-66(6)7)63-89-93(82,83)87-59-68(75)58-86-92(80,81)88-62-69(90-73(78)56-48-40-30-24-22-27-35-43-51-65(4)5)60-84-71(76)54-46-38-29-21-19-17-15-13-11-10-12-14-16-18-20-26-34-42-50-64(2)3/h64-70,75H,9-63H2,1-8H3,(H,80,81)(H,82,83)/t67?,68-,69-,70-/m1/s1. The number of phosphoric ester groups is 2. The van der Waals surface area contributed by atoms with Gasteiger partial charge in [0.1, 0.15) is 19.3 Å². The fraction of sp³-hybridized carbons (Fsp3) is 0.946. The molecule has 0 radical (unpaired) electrons. The van der Waals surface area contributed by atoms with Gasteiger partial charge >= 0.3 is 39.5 Å². The number of rotatable bonds is 71. The van der Waals surface area contributed by atoms with Crippen molar-refractivity contribution in [2.24, 2.45) is 23.7 Å². The van der Waals surface area contributed by atoms with Crippen LogP contribution in [-0.4, -0.2) is 96.7 Å². The maximum Gasteiger partial charge on any atom is 0.472 e. The van der Waals surface area contributed by atoms with Crippen molar-refractivity contribution in [3.05, 3.63) is 0 Å². The third-order valence-corrected chi connectivity index (χ3v) is 19.3. The summed E-state index contributed by atoms with van der Waals surface area (Å²) in [6.07, 6.45) is 47.5. The molecule has 0 fully saturated rings. The summed E-state index contributed by atoms with van der Waals surface area (Å²) in [5.41, 5.74) is 0. The first-order valence-electron chi connectivity index (χ1n) is 38.2. The minimum absolute atomic E-state index is 0.103. The van der Waals surface area contributed by atoms with E-state index in [0.717, 1.165) is 120 Å². The number of carbonyl (C=O) groups excluding carboxylic acids is 4. The first-order chi connectivity index (χ1) is 44.6. The molecule has 552 valence electrons. The summed E-state index contributed by atoms with van der Waals surface area (Å²) in [7, 11) is -9.91. The van der Waals surface area contributed by atoms with Crippen molar-refractivity contribution in [3.63, 3.8) is 0 Å². The highest BCUT2D eigenvalue weighted by Gasteiger charge is 2.30. The number of aliphatic hydroxyl groups excluding tert-OH is 1. The largest absolute Gasteiger partial charge is 0.472 e. The molecular formula is C74H144O17P2. The number of aliphatic hydroxyl groups is 1. The quantitative estimate of drug-likeness (QED) is 0.0222. The van der Waals surface area contributed by atoms with E-state index >= 15 is 0 Å². The van der Waals surface area contributed by atoms with Crippen molar-refractivity contribution < 1.29 is 80.2 Å². The molecule has 17 nitrogen and oxygen atoms in total. The summed E-state index contributed by atoms with van der Waals surface area (Å²) in [5.74, 6) is 0.861. The van der Waals surface area contributed by atoms with Crippen molar-refractivity contribution in [3.8, 4) is 0 Å². The van der Waals surface area contributed by atoms with Crippen molar-refractivity contribution in [1.29, 1.82) is 0 Å². The lowest BCUT2D eigenvalue weighted by atomic mass is 10.00. The van der Waals surface area contributed by atoms with Crippen molar-refractivity contribution in [2.75, 3.05) is 39.6 Å². The molecule has 6 atom stereocenters. The van der Waals surface area contributed by atoms with Crippen molar-refractivity contribution in [1.82, 2.24) is 0 Å². The third-order valence-electron chi connectivity index (χ3n) is 17.4. The van der Waals surface area contributed by atoms with Crippen LogP contribution in [0.2, 0.25) is 0 Å². The second kappa shape index (κ2) is 63.5. The number of hydrogen-bond donors (Lipinski definition) is 3. The molecule has 0 bridgehead atoms. The summed E-state index contributed by atoms with van der Waals surface area (Å²) >= 11 is 0. The van der Waals surface area contributed by atoms with Gasteiger partial charge in [-0.25, -0.2) is 9.13 Å². The molecule has 0 heterocycles.